The van der Waals surface area contributed by atoms with Crippen molar-refractivity contribution in [2.75, 3.05) is 19.5 Å². The zero-order valence-electron chi connectivity index (χ0n) is 14.9. The Morgan fingerprint density at radius 3 is 2.58 bits per heavy atom. The van der Waals surface area contributed by atoms with E-state index in [2.05, 4.69) is 11.4 Å². The molecule has 0 fully saturated rings. The van der Waals surface area contributed by atoms with E-state index >= 15 is 0 Å². The zero-order chi connectivity index (χ0) is 19.1. The molecule has 1 atom stereocenters. The molecule has 2 rings (SSSR count). The molecule has 1 aliphatic rings. The van der Waals surface area contributed by atoms with Crippen LogP contribution in [0.25, 0.3) is 0 Å². The molecule has 0 amide bonds. The van der Waals surface area contributed by atoms with Gasteiger partial charge in [-0.25, -0.2) is 4.79 Å². The normalized spacial score (nSPS) is 16.6. The van der Waals surface area contributed by atoms with Crippen LogP contribution in [0.15, 0.2) is 52.2 Å². The number of allylic oxidation sites excluding steroid dienone is 2. The van der Waals surface area contributed by atoms with E-state index < -0.39 is 11.9 Å². The molecule has 1 aromatic rings. The summed E-state index contributed by atoms with van der Waals surface area (Å²) in [5, 5.41) is 13.4. The van der Waals surface area contributed by atoms with Crippen molar-refractivity contribution >= 4 is 23.7 Å². The average molecular weight is 372 g/mol. The van der Waals surface area contributed by atoms with Gasteiger partial charge in [0.15, 0.2) is 0 Å². The van der Waals surface area contributed by atoms with Gasteiger partial charge in [0.2, 0.25) is 0 Å². The van der Waals surface area contributed by atoms with E-state index in [-0.39, 0.29) is 11.7 Å². The van der Waals surface area contributed by atoms with E-state index in [1.54, 1.807) is 13.8 Å². The van der Waals surface area contributed by atoms with Gasteiger partial charge in [0, 0.05) is 5.70 Å². The quantitative estimate of drug-likeness (QED) is 0.768. The largest absolute Gasteiger partial charge is 0.466 e. The Kier molecular flexibility index (Phi) is 6.87. The number of carbonyl (C=O) groups is 2. The molecule has 0 unspecified atom stereocenters. The van der Waals surface area contributed by atoms with Gasteiger partial charge in [0.25, 0.3) is 0 Å². The number of carbonyl (C=O) groups excluding carboxylic acids is 2. The summed E-state index contributed by atoms with van der Waals surface area (Å²) in [7, 11) is 1.31. The summed E-state index contributed by atoms with van der Waals surface area (Å²) < 4.78 is 9.86. The highest BCUT2D eigenvalue weighted by Gasteiger charge is 2.35. The third-order valence-electron chi connectivity index (χ3n) is 3.83. The highest BCUT2D eigenvalue weighted by molar-refractivity contribution is 8.03. The van der Waals surface area contributed by atoms with Crippen molar-refractivity contribution in [3.05, 3.63) is 57.8 Å². The Bertz CT molecular complexity index is 794. The second-order valence-corrected chi connectivity index (χ2v) is 6.43. The van der Waals surface area contributed by atoms with E-state index in [1.165, 1.54) is 18.9 Å². The number of nitriles is 1. The molecular weight excluding hydrogens is 352 g/mol. The molecule has 1 N–H and O–H groups in total. The van der Waals surface area contributed by atoms with Crippen LogP contribution >= 0.6 is 11.8 Å². The first-order valence-electron chi connectivity index (χ1n) is 8.07. The van der Waals surface area contributed by atoms with Crippen molar-refractivity contribution in [3.63, 3.8) is 0 Å². The van der Waals surface area contributed by atoms with E-state index in [9.17, 15) is 14.9 Å². The Labute approximate surface area is 156 Å². The number of methoxy groups -OCH3 is 1. The number of ether oxygens (including phenoxy) is 2. The van der Waals surface area contributed by atoms with Crippen molar-refractivity contribution in [2.24, 2.45) is 0 Å². The molecule has 136 valence electrons. The van der Waals surface area contributed by atoms with Crippen molar-refractivity contribution in [1.82, 2.24) is 5.32 Å². The van der Waals surface area contributed by atoms with Crippen molar-refractivity contribution in [2.45, 2.75) is 19.8 Å². The SMILES string of the molecule is CCOC(=O)CSC1=C(C#N)[C@H](c2ccccc2)C(C(=O)OC)=C(C)N1. The third-order valence-corrected chi connectivity index (χ3v) is 4.82. The lowest BCUT2D eigenvalue weighted by molar-refractivity contribution is -0.140. The van der Waals surface area contributed by atoms with E-state index in [4.69, 9.17) is 9.47 Å². The Morgan fingerprint density at radius 2 is 2.00 bits per heavy atom. The number of dihydropyridines is 1. The molecule has 0 aliphatic carbocycles. The first kappa shape index (κ1) is 19.6. The Hall–Kier alpha value is -2.72. The van der Waals surface area contributed by atoms with Crippen LogP contribution in [0, 0.1) is 11.3 Å². The average Bonchev–Trinajstić information content (AvgIpc) is 2.66. The molecule has 7 heteroatoms. The fourth-order valence-corrected chi connectivity index (χ4v) is 3.61. The molecule has 1 aromatic carbocycles. The monoisotopic (exact) mass is 372 g/mol. The minimum absolute atomic E-state index is 0.0731. The minimum Gasteiger partial charge on any atom is -0.466 e. The second-order valence-electron chi connectivity index (χ2n) is 5.45. The summed E-state index contributed by atoms with van der Waals surface area (Å²) in [4.78, 5) is 24.0. The van der Waals surface area contributed by atoms with Gasteiger partial charge >= 0.3 is 11.9 Å². The summed E-state index contributed by atoms with van der Waals surface area (Å²) in [5.41, 5.74) is 2.16. The maximum Gasteiger partial charge on any atom is 0.336 e. The van der Waals surface area contributed by atoms with Crippen molar-refractivity contribution in [3.8, 4) is 6.07 Å². The summed E-state index contributed by atoms with van der Waals surface area (Å²) in [6.45, 7) is 3.79. The van der Waals surface area contributed by atoms with Crippen molar-refractivity contribution < 1.29 is 19.1 Å². The summed E-state index contributed by atoms with van der Waals surface area (Å²) >= 11 is 1.19. The molecule has 0 spiro atoms. The first-order chi connectivity index (χ1) is 12.5. The maximum absolute atomic E-state index is 12.3. The number of hydrogen-bond donors (Lipinski definition) is 1. The summed E-state index contributed by atoms with van der Waals surface area (Å²) in [6, 6.07) is 11.5. The lowest BCUT2D eigenvalue weighted by Gasteiger charge is -2.29. The van der Waals surface area contributed by atoms with Crippen LogP contribution in [0.3, 0.4) is 0 Å². The lowest BCUT2D eigenvalue weighted by atomic mass is 9.82. The van der Waals surface area contributed by atoms with Gasteiger partial charge in [-0.05, 0) is 19.4 Å². The molecule has 1 heterocycles. The fourth-order valence-electron chi connectivity index (χ4n) is 2.72. The van der Waals surface area contributed by atoms with Crippen LogP contribution in [0.4, 0.5) is 0 Å². The van der Waals surface area contributed by atoms with Crippen LogP contribution in [-0.2, 0) is 19.1 Å². The lowest BCUT2D eigenvalue weighted by Crippen LogP contribution is -2.28. The number of benzene rings is 1. The van der Waals surface area contributed by atoms with Gasteiger partial charge in [-0.15, -0.1) is 0 Å². The van der Waals surface area contributed by atoms with E-state index in [0.29, 0.717) is 28.5 Å². The third kappa shape index (κ3) is 4.27. The number of hydrogen-bond acceptors (Lipinski definition) is 7. The van der Waals surface area contributed by atoms with E-state index in [1.807, 2.05) is 30.3 Å². The van der Waals surface area contributed by atoms with Crippen LogP contribution in [0.2, 0.25) is 0 Å². The number of rotatable bonds is 6. The van der Waals surface area contributed by atoms with Crippen LogP contribution in [0.5, 0.6) is 0 Å². The Balaban J connectivity index is 2.46. The number of nitrogens with zero attached hydrogens (tertiary/aromatic N) is 1. The summed E-state index contributed by atoms with van der Waals surface area (Å²) in [5.74, 6) is -1.34. The predicted octanol–water partition coefficient (Wildman–Crippen LogP) is 2.85. The van der Waals surface area contributed by atoms with Crippen molar-refractivity contribution in [1.29, 1.82) is 5.26 Å². The number of thioether (sulfide) groups is 1. The molecule has 6 nitrogen and oxygen atoms in total. The van der Waals surface area contributed by atoms with Crippen LogP contribution < -0.4 is 5.32 Å². The van der Waals surface area contributed by atoms with Gasteiger partial charge < -0.3 is 14.8 Å². The highest BCUT2D eigenvalue weighted by atomic mass is 32.2. The molecule has 0 saturated heterocycles. The second kappa shape index (κ2) is 9.11. The maximum atomic E-state index is 12.3. The van der Waals surface area contributed by atoms with Crippen LogP contribution in [-0.4, -0.2) is 31.4 Å². The molecule has 26 heavy (non-hydrogen) atoms. The van der Waals surface area contributed by atoms with Gasteiger partial charge in [-0.2, -0.15) is 5.26 Å². The molecule has 0 aromatic heterocycles. The van der Waals surface area contributed by atoms with Gasteiger partial charge in [-0.3, -0.25) is 4.79 Å². The standard InChI is InChI=1S/C19H20N2O4S/c1-4-25-15(22)11-26-18-14(10-20)17(13-8-6-5-7-9-13)16(12(2)21-18)19(23)24-3/h5-9,17,21H,4,11H2,1-3H3/t17-/m0/s1. The fraction of sp³-hybridized carbons (Fsp3) is 0.316. The number of nitrogens with one attached hydrogen (secondary N) is 1. The zero-order valence-corrected chi connectivity index (χ0v) is 15.7. The molecular formula is C19H20N2O4S. The van der Waals surface area contributed by atoms with Gasteiger partial charge in [-0.1, -0.05) is 42.1 Å². The Morgan fingerprint density at radius 1 is 1.31 bits per heavy atom. The smallest absolute Gasteiger partial charge is 0.336 e. The minimum atomic E-state index is -0.556. The first-order valence-corrected chi connectivity index (χ1v) is 9.05. The van der Waals surface area contributed by atoms with Gasteiger partial charge in [0.1, 0.15) is 0 Å². The topological polar surface area (TPSA) is 88.4 Å². The molecule has 0 bridgehead atoms. The molecule has 0 radical (unpaired) electrons. The molecule has 0 saturated carbocycles. The predicted molar refractivity (Wildman–Crippen MR) is 98.8 cm³/mol. The number of esters is 2. The molecule has 1 aliphatic heterocycles. The summed E-state index contributed by atoms with van der Waals surface area (Å²) in [6.07, 6.45) is 0. The van der Waals surface area contributed by atoms with Crippen LogP contribution in [0.1, 0.15) is 25.3 Å². The highest BCUT2D eigenvalue weighted by Crippen LogP contribution is 2.40. The van der Waals surface area contributed by atoms with Gasteiger partial charge in [0.05, 0.1) is 47.6 Å². The van der Waals surface area contributed by atoms with E-state index in [0.717, 1.165) is 5.56 Å².